The molecule has 0 radical (unpaired) electrons. The molecule has 2 N–H and O–H groups in total. The first-order valence-corrected chi connectivity index (χ1v) is 10.3. The first kappa shape index (κ1) is 18.5. The van der Waals surface area contributed by atoms with Crippen LogP contribution in [0, 0.1) is 0 Å². The largest absolute Gasteiger partial charge is 0.481 e. The van der Waals surface area contributed by atoms with Gasteiger partial charge in [0.25, 0.3) is 10.0 Å². The molecule has 9 nitrogen and oxygen atoms in total. The Bertz CT molecular complexity index is 878. The van der Waals surface area contributed by atoms with Gasteiger partial charge in [0.2, 0.25) is 17.7 Å². The van der Waals surface area contributed by atoms with Crippen molar-refractivity contribution >= 4 is 33.2 Å². The van der Waals surface area contributed by atoms with Gasteiger partial charge in [-0.05, 0) is 25.0 Å². The minimum Gasteiger partial charge on any atom is -0.481 e. The van der Waals surface area contributed by atoms with E-state index in [0.717, 1.165) is 24.2 Å². The first-order valence-electron chi connectivity index (χ1n) is 8.00. The van der Waals surface area contributed by atoms with Crippen molar-refractivity contribution < 1.29 is 17.9 Å². The molecule has 1 fully saturated rings. The predicted molar refractivity (Wildman–Crippen MR) is 96.4 cm³/mol. The summed E-state index contributed by atoms with van der Waals surface area (Å²) in [6, 6.07) is 4.80. The Hall–Kier alpha value is -2.24. The van der Waals surface area contributed by atoms with Crippen LogP contribution in [-0.2, 0) is 21.2 Å². The molecule has 0 saturated carbocycles. The third kappa shape index (κ3) is 4.29. The fourth-order valence-corrected chi connectivity index (χ4v) is 5.52. The highest BCUT2D eigenvalue weighted by Crippen LogP contribution is 2.27. The summed E-state index contributed by atoms with van der Waals surface area (Å²) in [4.78, 5) is 20.7. The van der Waals surface area contributed by atoms with Crippen LogP contribution >= 0.6 is 11.3 Å². The summed E-state index contributed by atoms with van der Waals surface area (Å²) in [5, 5.41) is 0. The second-order valence-electron chi connectivity index (χ2n) is 5.60. The molecule has 26 heavy (non-hydrogen) atoms. The molecule has 0 aliphatic carbocycles. The van der Waals surface area contributed by atoms with E-state index >= 15 is 0 Å². The molecule has 3 heterocycles. The number of hydrogen-bond acceptors (Lipinski definition) is 8. The van der Waals surface area contributed by atoms with Crippen molar-refractivity contribution in [2.75, 3.05) is 25.6 Å². The van der Waals surface area contributed by atoms with Crippen molar-refractivity contribution in [3.05, 3.63) is 29.3 Å². The van der Waals surface area contributed by atoms with Gasteiger partial charge in [0, 0.05) is 30.2 Å². The molecule has 0 aromatic carbocycles. The van der Waals surface area contributed by atoms with Gasteiger partial charge >= 0.3 is 0 Å². The maximum Gasteiger partial charge on any atom is 0.252 e. The number of ether oxygens (including phenoxy) is 1. The summed E-state index contributed by atoms with van der Waals surface area (Å²) in [7, 11) is -1.96. The number of nitrogens with zero attached hydrogens (tertiary/aromatic N) is 3. The lowest BCUT2D eigenvalue weighted by atomic mass is 10.3. The fraction of sp³-hybridized carbons (Fsp3) is 0.400. The van der Waals surface area contributed by atoms with Gasteiger partial charge in [-0.25, -0.2) is 13.4 Å². The molecule has 1 aliphatic heterocycles. The summed E-state index contributed by atoms with van der Waals surface area (Å²) in [6.07, 6.45) is 3.32. The number of carbonyl (C=O) groups is 1. The number of carbonyl (C=O) groups excluding carboxylic acids is 1. The van der Waals surface area contributed by atoms with E-state index in [2.05, 4.69) is 20.8 Å². The third-order valence-electron chi connectivity index (χ3n) is 3.78. The van der Waals surface area contributed by atoms with Gasteiger partial charge in [-0.15, -0.1) is 11.3 Å². The van der Waals surface area contributed by atoms with Crippen LogP contribution in [0.25, 0.3) is 0 Å². The lowest BCUT2D eigenvalue weighted by Gasteiger charge is -2.13. The molecule has 1 saturated heterocycles. The number of rotatable bonds is 7. The summed E-state index contributed by atoms with van der Waals surface area (Å²) < 4.78 is 31.7. The topological polar surface area (TPSA) is 114 Å². The lowest BCUT2D eigenvalue weighted by molar-refractivity contribution is -0.119. The van der Waals surface area contributed by atoms with Crippen LogP contribution in [0.1, 0.15) is 17.7 Å². The van der Waals surface area contributed by atoms with Crippen molar-refractivity contribution in [2.24, 2.45) is 0 Å². The molecule has 1 amide bonds. The average Bonchev–Trinajstić information content (AvgIpc) is 3.32. The Morgan fingerprint density at radius 3 is 2.81 bits per heavy atom. The Kier molecular flexibility index (Phi) is 5.69. The molecule has 140 valence electrons. The third-order valence-corrected chi connectivity index (χ3v) is 7.24. The van der Waals surface area contributed by atoms with Gasteiger partial charge < -0.3 is 4.74 Å². The maximum absolute atomic E-state index is 12.5. The van der Waals surface area contributed by atoms with Crippen LogP contribution in [0.4, 0.5) is 5.95 Å². The van der Waals surface area contributed by atoms with Crippen LogP contribution in [0.2, 0.25) is 0 Å². The van der Waals surface area contributed by atoms with Gasteiger partial charge in [0.05, 0.1) is 13.5 Å². The molecule has 0 spiro atoms. The van der Waals surface area contributed by atoms with Crippen LogP contribution in [-0.4, -0.2) is 48.8 Å². The normalized spacial score (nSPS) is 15.0. The molecular weight excluding hydrogens is 378 g/mol. The van der Waals surface area contributed by atoms with Crippen molar-refractivity contribution in [1.29, 1.82) is 0 Å². The fourth-order valence-electron chi connectivity index (χ4n) is 2.49. The SMILES string of the molecule is COc1ccnc(NNC(=O)Cc2ccc(S(=O)(=O)N3CCCC3)s2)n1. The maximum atomic E-state index is 12.5. The number of sulfonamides is 1. The van der Waals surface area contributed by atoms with E-state index in [9.17, 15) is 13.2 Å². The number of aromatic nitrogens is 2. The highest BCUT2D eigenvalue weighted by molar-refractivity contribution is 7.91. The van der Waals surface area contributed by atoms with E-state index in [1.165, 1.54) is 17.6 Å². The standard InChI is InChI=1S/C15H19N5O4S2/c1-24-13-6-7-16-15(17-13)19-18-12(21)10-11-4-5-14(25-11)26(22,23)20-8-2-3-9-20/h4-7H,2-3,8-10H2,1H3,(H,18,21)(H,16,17,19). The highest BCUT2D eigenvalue weighted by atomic mass is 32.2. The van der Waals surface area contributed by atoms with E-state index in [4.69, 9.17) is 4.74 Å². The zero-order valence-electron chi connectivity index (χ0n) is 14.1. The van der Waals surface area contributed by atoms with Crippen molar-refractivity contribution in [3.63, 3.8) is 0 Å². The van der Waals surface area contributed by atoms with Crippen LogP contribution < -0.4 is 15.6 Å². The van der Waals surface area contributed by atoms with Crippen LogP contribution in [0.5, 0.6) is 5.88 Å². The van der Waals surface area contributed by atoms with Gasteiger partial charge in [-0.1, -0.05) is 0 Å². The molecule has 3 rings (SSSR count). The minimum atomic E-state index is -3.45. The number of hydrazine groups is 1. The molecule has 0 bridgehead atoms. The van der Waals surface area contributed by atoms with Crippen molar-refractivity contribution in [2.45, 2.75) is 23.5 Å². The first-order chi connectivity index (χ1) is 12.5. The number of methoxy groups -OCH3 is 1. The summed E-state index contributed by atoms with van der Waals surface area (Å²) >= 11 is 1.11. The average molecular weight is 397 g/mol. The molecular formula is C15H19N5O4S2. The number of thiophene rings is 1. The minimum absolute atomic E-state index is 0.0527. The molecule has 11 heteroatoms. The quantitative estimate of drug-likeness (QED) is 0.671. The predicted octanol–water partition coefficient (Wildman–Crippen LogP) is 1.02. The molecule has 0 unspecified atom stereocenters. The number of nitrogens with one attached hydrogen (secondary N) is 2. The Morgan fingerprint density at radius 2 is 2.08 bits per heavy atom. The van der Waals surface area contributed by atoms with E-state index in [1.54, 1.807) is 18.2 Å². The smallest absolute Gasteiger partial charge is 0.252 e. The van der Waals surface area contributed by atoms with E-state index in [-0.39, 0.29) is 22.5 Å². The molecule has 2 aromatic rings. The Balaban J connectivity index is 1.57. The van der Waals surface area contributed by atoms with E-state index < -0.39 is 10.0 Å². The van der Waals surface area contributed by atoms with Gasteiger partial charge in [0.15, 0.2) is 0 Å². The van der Waals surface area contributed by atoms with E-state index in [1.807, 2.05) is 0 Å². The highest BCUT2D eigenvalue weighted by Gasteiger charge is 2.28. The number of amides is 1. The van der Waals surface area contributed by atoms with Gasteiger partial charge in [-0.3, -0.25) is 15.6 Å². The zero-order chi connectivity index (χ0) is 18.6. The number of hydrogen-bond donors (Lipinski definition) is 2. The number of anilines is 1. The van der Waals surface area contributed by atoms with Gasteiger partial charge in [0.1, 0.15) is 4.21 Å². The van der Waals surface area contributed by atoms with Gasteiger partial charge in [-0.2, -0.15) is 9.29 Å². The molecule has 0 atom stereocenters. The molecule has 1 aliphatic rings. The summed E-state index contributed by atoms with van der Waals surface area (Å²) in [6.45, 7) is 1.11. The van der Waals surface area contributed by atoms with Crippen LogP contribution in [0.15, 0.2) is 28.6 Å². The summed E-state index contributed by atoms with van der Waals surface area (Å²) in [5.41, 5.74) is 5.08. The monoisotopic (exact) mass is 397 g/mol. The lowest BCUT2D eigenvalue weighted by Crippen LogP contribution is -2.31. The van der Waals surface area contributed by atoms with Crippen molar-refractivity contribution in [1.82, 2.24) is 19.7 Å². The second kappa shape index (κ2) is 7.98. The second-order valence-corrected chi connectivity index (χ2v) is 8.94. The summed E-state index contributed by atoms with van der Waals surface area (Å²) in [5.74, 6) is 0.233. The van der Waals surface area contributed by atoms with E-state index in [0.29, 0.717) is 23.8 Å². The Labute approximate surface area is 155 Å². The Morgan fingerprint density at radius 1 is 1.31 bits per heavy atom. The molecule has 2 aromatic heterocycles. The van der Waals surface area contributed by atoms with Crippen molar-refractivity contribution in [3.8, 4) is 5.88 Å². The van der Waals surface area contributed by atoms with Crippen LogP contribution in [0.3, 0.4) is 0 Å². The zero-order valence-corrected chi connectivity index (χ0v) is 15.8.